The zero-order valence-corrected chi connectivity index (χ0v) is 6.10. The summed E-state index contributed by atoms with van der Waals surface area (Å²) in [5.41, 5.74) is 2.63. The number of allylic oxidation sites excluding steroid dienone is 6. The average molecular weight is 158 g/mol. The highest BCUT2D eigenvalue weighted by Crippen LogP contribution is 2.34. The van der Waals surface area contributed by atoms with Crippen LogP contribution in [0.25, 0.3) is 0 Å². The molecule has 0 aliphatic heterocycles. The second-order valence-electron chi connectivity index (χ2n) is 2.10. The summed E-state index contributed by atoms with van der Waals surface area (Å²) in [5, 5.41) is 7.43. The summed E-state index contributed by atoms with van der Waals surface area (Å²) in [7, 11) is 0. The van der Waals surface area contributed by atoms with Crippen LogP contribution in [0.2, 0.25) is 0 Å². The van der Waals surface area contributed by atoms with Crippen molar-refractivity contribution in [3.8, 4) is 0 Å². The van der Waals surface area contributed by atoms with Crippen LogP contribution in [-0.2, 0) is 0 Å². The van der Waals surface area contributed by atoms with Gasteiger partial charge in [-0.3, -0.25) is 0 Å². The molecule has 2 aliphatic rings. The molecule has 3 heteroatoms. The topological polar surface area (TPSA) is 46.2 Å². The Hall–Kier alpha value is -0.570. The van der Waals surface area contributed by atoms with Gasteiger partial charge in [0.25, 0.3) is 0 Å². The number of hydrogen-bond donors (Lipinski definition) is 2. The number of hydrogen-bond acceptors (Lipinski definition) is 2. The second kappa shape index (κ2) is 3.01. The van der Waals surface area contributed by atoms with Crippen LogP contribution in [-0.4, -0.2) is 5.21 Å². The van der Waals surface area contributed by atoms with E-state index < -0.39 is 0 Å². The van der Waals surface area contributed by atoms with E-state index in [1.165, 1.54) is 11.1 Å². The highest BCUT2D eigenvalue weighted by molar-refractivity contribution is 6.32. The molecular formula is C7H8ClNO. The summed E-state index contributed by atoms with van der Waals surface area (Å²) >= 11 is 5.76. The van der Waals surface area contributed by atoms with Crippen LogP contribution < -0.4 is 5.90 Å². The molecule has 0 saturated heterocycles. The molecular weight excluding hydrogens is 150 g/mol. The third-order valence-corrected chi connectivity index (χ3v) is 1.86. The molecule has 2 aliphatic carbocycles. The lowest BCUT2D eigenvalue weighted by molar-refractivity contribution is 0.311. The largest absolute Gasteiger partial charge is 0.320 e. The van der Waals surface area contributed by atoms with E-state index in [1.54, 1.807) is 0 Å². The molecule has 0 unspecified atom stereocenters. The van der Waals surface area contributed by atoms with Crippen molar-refractivity contribution in [2.45, 2.75) is 6.42 Å². The first-order valence-corrected chi connectivity index (χ1v) is 3.27. The third-order valence-electron chi connectivity index (χ3n) is 1.51. The molecule has 0 heterocycles. The number of halogens is 1. The Morgan fingerprint density at radius 2 is 2.10 bits per heavy atom. The van der Waals surface area contributed by atoms with Crippen molar-refractivity contribution in [1.82, 2.24) is 0 Å². The van der Waals surface area contributed by atoms with E-state index in [1.807, 2.05) is 6.08 Å². The molecule has 0 saturated carbocycles. The lowest BCUT2D eigenvalue weighted by atomic mass is 10.3. The maximum absolute atomic E-state index is 6.50. The molecule has 3 N–H and O–H groups in total. The molecule has 2 rings (SSSR count). The minimum atomic E-state index is 0.933. The number of nitrogens with two attached hydrogens (primary N) is 1. The summed E-state index contributed by atoms with van der Waals surface area (Å²) in [6, 6.07) is 0. The van der Waals surface area contributed by atoms with Crippen molar-refractivity contribution in [1.29, 1.82) is 0 Å². The van der Waals surface area contributed by atoms with Crippen molar-refractivity contribution in [3.05, 3.63) is 34.4 Å². The van der Waals surface area contributed by atoms with Crippen LogP contribution in [0.5, 0.6) is 0 Å². The maximum Gasteiger partial charge on any atom is 0.0444 e. The summed E-state index contributed by atoms with van der Waals surface area (Å²) in [4.78, 5) is 0. The normalized spacial score (nSPS) is 18.9. The Morgan fingerprint density at radius 1 is 1.40 bits per heavy atom. The second-order valence-corrected chi connectivity index (χ2v) is 2.51. The van der Waals surface area contributed by atoms with Crippen LogP contribution in [0.1, 0.15) is 6.42 Å². The quantitative estimate of drug-likeness (QED) is 0.526. The lowest BCUT2D eigenvalue weighted by Crippen LogP contribution is -1.72. The Balaban J connectivity index is 0.000000231. The molecule has 0 radical (unpaired) electrons. The van der Waals surface area contributed by atoms with Crippen LogP contribution in [0.3, 0.4) is 0 Å². The zero-order valence-electron chi connectivity index (χ0n) is 5.34. The van der Waals surface area contributed by atoms with E-state index in [-0.39, 0.29) is 0 Å². The average Bonchev–Trinajstić information content (AvgIpc) is 2.52. The van der Waals surface area contributed by atoms with E-state index in [0.29, 0.717) is 0 Å². The zero-order chi connectivity index (χ0) is 7.56. The van der Waals surface area contributed by atoms with Gasteiger partial charge in [-0.15, -0.1) is 0 Å². The molecule has 0 amide bonds. The van der Waals surface area contributed by atoms with Gasteiger partial charge in [-0.25, -0.2) is 5.90 Å². The van der Waals surface area contributed by atoms with Gasteiger partial charge in [0.1, 0.15) is 0 Å². The molecule has 54 valence electrons. The molecule has 0 aromatic rings. The summed E-state index contributed by atoms with van der Waals surface area (Å²) in [6.07, 6.45) is 7.29. The number of rotatable bonds is 0. The summed E-state index contributed by atoms with van der Waals surface area (Å²) < 4.78 is 0. The molecule has 2 bridgehead atoms. The Labute approximate surface area is 64.2 Å². The van der Waals surface area contributed by atoms with Gasteiger partial charge in [0.05, 0.1) is 0 Å². The van der Waals surface area contributed by atoms with Crippen molar-refractivity contribution < 1.29 is 5.21 Å². The monoisotopic (exact) mass is 157 g/mol. The van der Waals surface area contributed by atoms with E-state index in [0.717, 1.165) is 11.5 Å². The van der Waals surface area contributed by atoms with Gasteiger partial charge in [-0.1, -0.05) is 23.8 Å². The first kappa shape index (κ1) is 7.54. The predicted molar refractivity (Wildman–Crippen MR) is 40.7 cm³/mol. The molecule has 0 atom stereocenters. The lowest BCUT2D eigenvalue weighted by Gasteiger charge is -1.86. The molecule has 0 aromatic carbocycles. The Bertz CT molecular complexity index is 228. The molecule has 0 fully saturated rings. The minimum absolute atomic E-state index is 0.933. The molecule has 10 heavy (non-hydrogen) atoms. The Morgan fingerprint density at radius 3 is 2.30 bits per heavy atom. The van der Waals surface area contributed by atoms with Crippen molar-refractivity contribution in [3.63, 3.8) is 0 Å². The minimum Gasteiger partial charge on any atom is -0.320 e. The van der Waals surface area contributed by atoms with Crippen LogP contribution in [0.4, 0.5) is 0 Å². The van der Waals surface area contributed by atoms with Crippen LogP contribution in [0, 0.1) is 0 Å². The molecule has 0 spiro atoms. The molecule has 2 nitrogen and oxygen atoms in total. The summed E-state index contributed by atoms with van der Waals surface area (Å²) in [5.74, 6) is 3.50. The van der Waals surface area contributed by atoms with E-state index in [2.05, 4.69) is 18.0 Å². The standard InChI is InChI=1S/C7H5Cl.H3NO/c8-7-4-5-1-2-6(7)3-5;1-2/h1-2,4H,3H2;2H,1H2. The SMILES string of the molecule is ClC1=C2C=CC(=C1)C2.NO. The first-order chi connectivity index (χ1) is 4.86. The third kappa shape index (κ3) is 1.14. The van der Waals surface area contributed by atoms with Gasteiger partial charge >= 0.3 is 0 Å². The number of fused-ring (bicyclic) bond motifs is 2. The van der Waals surface area contributed by atoms with Crippen molar-refractivity contribution in [2.24, 2.45) is 5.90 Å². The fraction of sp³-hybridized carbons (Fsp3) is 0.143. The predicted octanol–water partition coefficient (Wildman–Crippen LogP) is 1.71. The van der Waals surface area contributed by atoms with Gasteiger partial charge in [-0.2, -0.15) is 0 Å². The fourth-order valence-corrected chi connectivity index (χ4v) is 1.33. The van der Waals surface area contributed by atoms with Gasteiger partial charge < -0.3 is 5.21 Å². The highest BCUT2D eigenvalue weighted by atomic mass is 35.5. The van der Waals surface area contributed by atoms with E-state index in [9.17, 15) is 0 Å². The van der Waals surface area contributed by atoms with Crippen molar-refractivity contribution in [2.75, 3.05) is 0 Å². The van der Waals surface area contributed by atoms with Crippen LogP contribution in [0.15, 0.2) is 34.4 Å². The maximum atomic E-state index is 6.50. The van der Waals surface area contributed by atoms with E-state index in [4.69, 9.17) is 16.8 Å². The first-order valence-electron chi connectivity index (χ1n) is 2.89. The molecule has 0 aromatic heterocycles. The van der Waals surface area contributed by atoms with Gasteiger partial charge in [0.15, 0.2) is 0 Å². The van der Waals surface area contributed by atoms with E-state index >= 15 is 0 Å². The Kier molecular flexibility index (Phi) is 2.27. The smallest absolute Gasteiger partial charge is 0.0444 e. The summed E-state index contributed by atoms with van der Waals surface area (Å²) in [6.45, 7) is 0. The highest BCUT2D eigenvalue weighted by Gasteiger charge is 2.14. The van der Waals surface area contributed by atoms with Gasteiger partial charge in [0.2, 0.25) is 0 Å². The van der Waals surface area contributed by atoms with Crippen LogP contribution >= 0.6 is 11.6 Å². The van der Waals surface area contributed by atoms with Crippen molar-refractivity contribution >= 4 is 11.6 Å². The fourth-order valence-electron chi connectivity index (χ4n) is 1.06. The van der Waals surface area contributed by atoms with Gasteiger partial charge in [-0.05, 0) is 23.6 Å². The van der Waals surface area contributed by atoms with Gasteiger partial charge in [0, 0.05) is 5.03 Å².